The first-order valence-corrected chi connectivity index (χ1v) is 7.51. The lowest BCUT2D eigenvalue weighted by molar-refractivity contribution is 0.414. The molecule has 0 radical (unpaired) electrons. The van der Waals surface area contributed by atoms with E-state index >= 15 is 0 Å². The molecule has 0 amide bonds. The van der Waals surface area contributed by atoms with Crippen LogP contribution >= 0.6 is 0 Å². The van der Waals surface area contributed by atoms with Crippen LogP contribution < -0.4 is 10.4 Å². The number of unbranched alkanes of at least 4 members (excludes halogenated alkanes) is 1. The Hall–Kier alpha value is -2.04. The Morgan fingerprint density at radius 1 is 1.19 bits per heavy atom. The Bertz CT molecular complexity index is 599. The molecule has 0 saturated carbocycles. The molecule has 0 atom stereocenters. The van der Waals surface area contributed by atoms with Gasteiger partial charge in [-0.1, -0.05) is 19.1 Å². The number of hydrogen-bond donors (Lipinski definition) is 1. The summed E-state index contributed by atoms with van der Waals surface area (Å²) in [5.74, 6) is 1.76. The number of ether oxygens (including phenoxy) is 1. The molecule has 0 fully saturated rings. The van der Waals surface area contributed by atoms with Crippen molar-refractivity contribution in [3.05, 3.63) is 46.1 Å². The molecule has 1 heterocycles. The van der Waals surface area contributed by atoms with Gasteiger partial charge in [-0.05, 0) is 43.4 Å². The van der Waals surface area contributed by atoms with Crippen LogP contribution in [-0.2, 0) is 19.4 Å². The minimum atomic E-state index is -0.0954. The predicted molar refractivity (Wildman–Crippen MR) is 82.8 cm³/mol. The van der Waals surface area contributed by atoms with Crippen molar-refractivity contribution in [3.8, 4) is 5.75 Å². The SMILES string of the molecule is CCCn1c(CCCCc2ccc(OC)cc2)n[nH]c1=O. The van der Waals surface area contributed by atoms with Crippen LogP contribution in [0.3, 0.4) is 0 Å². The van der Waals surface area contributed by atoms with Crippen LogP contribution in [0.15, 0.2) is 29.1 Å². The number of benzene rings is 1. The molecule has 0 bridgehead atoms. The maximum Gasteiger partial charge on any atom is 0.343 e. The predicted octanol–water partition coefficient (Wildman–Crippen LogP) is 2.56. The van der Waals surface area contributed by atoms with Crippen LogP contribution in [0, 0.1) is 0 Å². The highest BCUT2D eigenvalue weighted by atomic mass is 16.5. The van der Waals surface area contributed by atoms with Gasteiger partial charge >= 0.3 is 5.69 Å². The normalized spacial score (nSPS) is 10.8. The average Bonchev–Trinajstić information content (AvgIpc) is 2.86. The summed E-state index contributed by atoms with van der Waals surface area (Å²) in [6.07, 6.45) is 4.93. The van der Waals surface area contributed by atoms with E-state index in [9.17, 15) is 4.79 Å². The maximum absolute atomic E-state index is 11.6. The first-order valence-electron chi connectivity index (χ1n) is 7.51. The fraction of sp³-hybridized carbons (Fsp3) is 0.500. The van der Waals surface area contributed by atoms with Crippen LogP contribution in [0.5, 0.6) is 5.75 Å². The van der Waals surface area contributed by atoms with Crippen LogP contribution in [-0.4, -0.2) is 21.9 Å². The van der Waals surface area contributed by atoms with Gasteiger partial charge in [0.25, 0.3) is 0 Å². The van der Waals surface area contributed by atoms with E-state index in [1.54, 1.807) is 11.7 Å². The minimum absolute atomic E-state index is 0.0954. The van der Waals surface area contributed by atoms with Gasteiger partial charge in [-0.3, -0.25) is 4.57 Å². The Balaban J connectivity index is 1.80. The Kier molecular flexibility index (Phi) is 5.60. The van der Waals surface area contributed by atoms with E-state index in [2.05, 4.69) is 29.3 Å². The van der Waals surface area contributed by atoms with Gasteiger partial charge in [-0.2, -0.15) is 5.10 Å². The highest BCUT2D eigenvalue weighted by Crippen LogP contribution is 2.13. The summed E-state index contributed by atoms with van der Waals surface area (Å²) in [4.78, 5) is 11.6. The molecule has 0 aliphatic carbocycles. The van der Waals surface area contributed by atoms with Crippen LogP contribution in [0.2, 0.25) is 0 Å². The van der Waals surface area contributed by atoms with E-state index in [-0.39, 0.29) is 5.69 Å². The average molecular weight is 289 g/mol. The molecule has 1 aromatic heterocycles. The molecule has 0 spiro atoms. The van der Waals surface area contributed by atoms with Gasteiger partial charge in [0.05, 0.1) is 7.11 Å². The van der Waals surface area contributed by atoms with E-state index in [1.807, 2.05) is 12.1 Å². The van der Waals surface area contributed by atoms with Crippen molar-refractivity contribution in [2.24, 2.45) is 0 Å². The second kappa shape index (κ2) is 7.67. The van der Waals surface area contributed by atoms with Gasteiger partial charge < -0.3 is 4.74 Å². The van der Waals surface area contributed by atoms with Crippen molar-refractivity contribution in [2.45, 2.75) is 45.6 Å². The van der Waals surface area contributed by atoms with E-state index < -0.39 is 0 Å². The molecule has 5 nitrogen and oxygen atoms in total. The molecule has 5 heteroatoms. The molecule has 21 heavy (non-hydrogen) atoms. The third-order valence-electron chi connectivity index (χ3n) is 3.56. The van der Waals surface area contributed by atoms with E-state index in [0.717, 1.165) is 50.2 Å². The van der Waals surface area contributed by atoms with Gasteiger partial charge in [-0.25, -0.2) is 9.89 Å². The summed E-state index contributed by atoms with van der Waals surface area (Å²) in [6.45, 7) is 2.80. The van der Waals surface area contributed by atoms with Gasteiger partial charge in [0, 0.05) is 13.0 Å². The summed E-state index contributed by atoms with van der Waals surface area (Å²) in [5.41, 5.74) is 1.21. The Morgan fingerprint density at radius 2 is 1.90 bits per heavy atom. The Labute approximate surface area is 125 Å². The molecule has 0 unspecified atom stereocenters. The molecule has 2 aromatic rings. The lowest BCUT2D eigenvalue weighted by atomic mass is 10.1. The van der Waals surface area contributed by atoms with E-state index in [0.29, 0.717) is 0 Å². The van der Waals surface area contributed by atoms with Crippen LogP contribution in [0.1, 0.15) is 37.6 Å². The van der Waals surface area contributed by atoms with E-state index in [4.69, 9.17) is 4.74 Å². The van der Waals surface area contributed by atoms with Crippen LogP contribution in [0.4, 0.5) is 0 Å². The summed E-state index contributed by atoms with van der Waals surface area (Å²) in [5, 5.41) is 6.65. The van der Waals surface area contributed by atoms with Gasteiger partial charge in [0.2, 0.25) is 0 Å². The lowest BCUT2D eigenvalue weighted by Crippen LogP contribution is -2.18. The number of rotatable bonds is 8. The second-order valence-electron chi connectivity index (χ2n) is 5.15. The summed E-state index contributed by atoms with van der Waals surface area (Å²) in [7, 11) is 1.68. The van der Waals surface area contributed by atoms with Gasteiger partial charge in [0.1, 0.15) is 11.6 Å². The zero-order valence-electron chi connectivity index (χ0n) is 12.8. The molecule has 1 N–H and O–H groups in total. The molecule has 0 saturated heterocycles. The second-order valence-corrected chi connectivity index (χ2v) is 5.15. The highest BCUT2D eigenvalue weighted by molar-refractivity contribution is 5.27. The van der Waals surface area contributed by atoms with Crippen molar-refractivity contribution < 1.29 is 4.74 Å². The largest absolute Gasteiger partial charge is 0.497 e. The van der Waals surface area contributed by atoms with Crippen molar-refractivity contribution in [1.29, 1.82) is 0 Å². The van der Waals surface area contributed by atoms with Crippen molar-refractivity contribution >= 4 is 0 Å². The van der Waals surface area contributed by atoms with Crippen LogP contribution in [0.25, 0.3) is 0 Å². The van der Waals surface area contributed by atoms with Crippen molar-refractivity contribution in [2.75, 3.05) is 7.11 Å². The number of aryl methyl sites for hydroxylation is 2. The third-order valence-corrected chi connectivity index (χ3v) is 3.56. The number of aromatic nitrogens is 3. The molecular weight excluding hydrogens is 266 g/mol. The number of nitrogens with zero attached hydrogens (tertiary/aromatic N) is 2. The number of H-pyrrole nitrogens is 1. The standard InChI is InChI=1S/C16H23N3O2/c1-3-12-19-15(17-18-16(19)20)7-5-4-6-13-8-10-14(21-2)11-9-13/h8-11H,3-7,12H2,1-2H3,(H,18,20). The highest BCUT2D eigenvalue weighted by Gasteiger charge is 2.06. The van der Waals surface area contributed by atoms with Crippen molar-refractivity contribution in [1.82, 2.24) is 14.8 Å². The summed E-state index contributed by atoms with van der Waals surface area (Å²) in [6, 6.07) is 8.17. The maximum atomic E-state index is 11.6. The molecule has 2 rings (SSSR count). The van der Waals surface area contributed by atoms with Gasteiger partial charge in [0.15, 0.2) is 0 Å². The fourth-order valence-electron chi connectivity index (χ4n) is 2.40. The quantitative estimate of drug-likeness (QED) is 0.760. The number of aromatic amines is 1. The molecule has 0 aliphatic rings. The minimum Gasteiger partial charge on any atom is -0.497 e. The number of hydrogen-bond acceptors (Lipinski definition) is 3. The monoisotopic (exact) mass is 289 g/mol. The molecular formula is C16H23N3O2. The third kappa shape index (κ3) is 4.21. The number of methoxy groups -OCH3 is 1. The fourth-order valence-corrected chi connectivity index (χ4v) is 2.40. The molecule has 0 aliphatic heterocycles. The van der Waals surface area contributed by atoms with Gasteiger partial charge in [-0.15, -0.1) is 0 Å². The first-order chi connectivity index (χ1) is 10.2. The topological polar surface area (TPSA) is 59.9 Å². The summed E-state index contributed by atoms with van der Waals surface area (Å²) < 4.78 is 6.89. The molecule has 1 aromatic carbocycles. The molecule has 114 valence electrons. The lowest BCUT2D eigenvalue weighted by Gasteiger charge is -2.05. The zero-order valence-corrected chi connectivity index (χ0v) is 12.8. The zero-order chi connectivity index (χ0) is 15.1. The van der Waals surface area contributed by atoms with E-state index in [1.165, 1.54) is 5.56 Å². The summed E-state index contributed by atoms with van der Waals surface area (Å²) >= 11 is 0. The van der Waals surface area contributed by atoms with Crippen molar-refractivity contribution in [3.63, 3.8) is 0 Å². The number of nitrogens with one attached hydrogen (secondary N) is 1. The first kappa shape index (κ1) is 15.4. The Morgan fingerprint density at radius 3 is 2.57 bits per heavy atom. The smallest absolute Gasteiger partial charge is 0.343 e.